The van der Waals surface area contributed by atoms with E-state index in [4.69, 9.17) is 5.14 Å². The van der Waals surface area contributed by atoms with Gasteiger partial charge in [0.15, 0.2) is 0 Å². The molecule has 0 aliphatic carbocycles. The Morgan fingerprint density at radius 3 is 2.35 bits per heavy atom. The van der Waals surface area contributed by atoms with Crippen LogP contribution in [0.1, 0.15) is 44.6 Å². The minimum atomic E-state index is -3.65. The van der Waals surface area contributed by atoms with Gasteiger partial charge in [-0.1, -0.05) is 26.0 Å². The molecule has 1 aromatic carbocycles. The van der Waals surface area contributed by atoms with Crippen molar-refractivity contribution in [2.75, 3.05) is 18.4 Å². The number of piperidine rings is 1. The van der Waals surface area contributed by atoms with Crippen molar-refractivity contribution in [1.82, 2.24) is 4.31 Å². The van der Waals surface area contributed by atoms with Crippen LogP contribution < -0.4 is 10.5 Å². The number of nitrogens with one attached hydrogen (secondary N) is 1. The molecule has 23 heavy (non-hydrogen) atoms. The van der Waals surface area contributed by atoms with Crippen LogP contribution in [0.15, 0.2) is 24.3 Å². The van der Waals surface area contributed by atoms with Gasteiger partial charge in [0.25, 0.3) is 10.2 Å². The second-order valence-corrected chi connectivity index (χ2v) is 7.69. The number of nitrogens with two attached hydrogens (primary N) is 1. The van der Waals surface area contributed by atoms with Crippen LogP contribution in [0, 0.1) is 5.92 Å². The maximum Gasteiger partial charge on any atom is 0.276 e. The van der Waals surface area contributed by atoms with Crippen molar-refractivity contribution in [2.24, 2.45) is 11.1 Å². The molecule has 0 bridgehead atoms. The molecule has 1 heterocycles. The molecule has 2 rings (SSSR count). The molecular formula is C16H25N3O3S. The van der Waals surface area contributed by atoms with Gasteiger partial charge in [-0.25, -0.2) is 5.14 Å². The van der Waals surface area contributed by atoms with Crippen molar-refractivity contribution in [3.05, 3.63) is 29.8 Å². The van der Waals surface area contributed by atoms with Crippen molar-refractivity contribution in [3.8, 4) is 0 Å². The number of benzene rings is 1. The van der Waals surface area contributed by atoms with Gasteiger partial charge in [-0.3, -0.25) is 4.79 Å². The predicted octanol–water partition coefficient (Wildman–Crippen LogP) is 2.05. The zero-order valence-corrected chi connectivity index (χ0v) is 14.5. The van der Waals surface area contributed by atoms with Gasteiger partial charge in [0.2, 0.25) is 5.91 Å². The number of anilines is 1. The number of rotatable bonds is 5. The van der Waals surface area contributed by atoms with Crippen LogP contribution >= 0.6 is 0 Å². The topological polar surface area (TPSA) is 92.5 Å². The molecule has 7 heteroatoms. The predicted molar refractivity (Wildman–Crippen MR) is 91.2 cm³/mol. The Bertz CT molecular complexity index is 635. The van der Waals surface area contributed by atoms with E-state index in [1.807, 2.05) is 24.3 Å². The Kier molecular flexibility index (Phi) is 5.78. The van der Waals surface area contributed by atoms with Crippen molar-refractivity contribution >= 4 is 21.8 Å². The van der Waals surface area contributed by atoms with Gasteiger partial charge < -0.3 is 5.32 Å². The zero-order chi connectivity index (χ0) is 17.0. The molecule has 6 nitrogen and oxygen atoms in total. The lowest BCUT2D eigenvalue weighted by Gasteiger charge is -2.29. The van der Waals surface area contributed by atoms with Gasteiger partial charge in [-0.2, -0.15) is 12.7 Å². The monoisotopic (exact) mass is 339 g/mol. The van der Waals surface area contributed by atoms with Crippen LogP contribution in [0.25, 0.3) is 0 Å². The summed E-state index contributed by atoms with van der Waals surface area (Å²) >= 11 is 0. The first-order valence-electron chi connectivity index (χ1n) is 8.00. The van der Waals surface area contributed by atoms with E-state index >= 15 is 0 Å². The molecule has 0 aromatic heterocycles. The van der Waals surface area contributed by atoms with Gasteiger partial charge in [0.1, 0.15) is 0 Å². The van der Waals surface area contributed by atoms with E-state index in [1.54, 1.807) is 0 Å². The third-order valence-corrected chi connectivity index (χ3v) is 5.63. The fourth-order valence-corrected chi connectivity index (χ4v) is 3.47. The Morgan fingerprint density at radius 1 is 1.30 bits per heavy atom. The molecule has 0 spiro atoms. The minimum absolute atomic E-state index is 0.0599. The number of amides is 1. The van der Waals surface area contributed by atoms with Crippen LogP contribution in [-0.4, -0.2) is 31.7 Å². The molecule has 1 unspecified atom stereocenters. The second-order valence-electron chi connectivity index (χ2n) is 6.14. The Morgan fingerprint density at radius 2 is 1.87 bits per heavy atom. The van der Waals surface area contributed by atoms with Crippen molar-refractivity contribution < 1.29 is 13.2 Å². The van der Waals surface area contributed by atoms with E-state index in [0.717, 1.165) is 12.1 Å². The minimum Gasteiger partial charge on any atom is -0.326 e. The Labute approximate surface area is 138 Å². The van der Waals surface area contributed by atoms with Crippen LogP contribution in [0.2, 0.25) is 0 Å². The molecule has 1 aliphatic rings. The molecule has 0 radical (unpaired) electrons. The van der Waals surface area contributed by atoms with E-state index in [9.17, 15) is 13.2 Å². The molecule has 1 aromatic rings. The van der Waals surface area contributed by atoms with E-state index in [2.05, 4.69) is 19.2 Å². The molecule has 1 aliphatic heterocycles. The van der Waals surface area contributed by atoms with Crippen molar-refractivity contribution in [2.45, 2.75) is 39.0 Å². The summed E-state index contributed by atoms with van der Waals surface area (Å²) in [4.78, 5) is 12.3. The summed E-state index contributed by atoms with van der Waals surface area (Å²) in [5.41, 5.74) is 2.03. The van der Waals surface area contributed by atoms with Gasteiger partial charge in [0, 0.05) is 24.7 Å². The van der Waals surface area contributed by atoms with Gasteiger partial charge in [0.05, 0.1) is 0 Å². The first kappa shape index (κ1) is 17.9. The SMILES string of the molecule is CCC(C)c1ccc(NC(=O)C2CCN(S(N)(=O)=O)CC2)cc1. The third-order valence-electron chi connectivity index (χ3n) is 4.54. The molecule has 128 valence electrons. The van der Waals surface area contributed by atoms with Crippen LogP contribution in [0.3, 0.4) is 0 Å². The second kappa shape index (κ2) is 7.42. The summed E-state index contributed by atoms with van der Waals surface area (Å²) in [6, 6.07) is 7.90. The lowest BCUT2D eigenvalue weighted by molar-refractivity contribution is -0.120. The number of carbonyl (C=O) groups is 1. The lowest BCUT2D eigenvalue weighted by atomic mass is 9.96. The van der Waals surface area contributed by atoms with E-state index in [1.165, 1.54) is 9.87 Å². The van der Waals surface area contributed by atoms with Crippen molar-refractivity contribution in [1.29, 1.82) is 0 Å². The molecule has 1 fully saturated rings. The molecule has 1 amide bonds. The number of hydrogen-bond acceptors (Lipinski definition) is 3. The Balaban J connectivity index is 1.90. The fourth-order valence-electron chi connectivity index (χ4n) is 2.75. The number of nitrogens with zero attached hydrogens (tertiary/aromatic N) is 1. The first-order valence-corrected chi connectivity index (χ1v) is 9.50. The quantitative estimate of drug-likeness (QED) is 0.860. The maximum atomic E-state index is 12.3. The number of hydrogen-bond donors (Lipinski definition) is 2. The summed E-state index contributed by atoms with van der Waals surface area (Å²) in [6.45, 7) is 4.91. The summed E-state index contributed by atoms with van der Waals surface area (Å²) in [5.74, 6) is 0.264. The number of carbonyl (C=O) groups excluding carboxylic acids is 1. The third kappa shape index (κ3) is 4.76. The van der Waals surface area contributed by atoms with Gasteiger partial charge in [-0.05, 0) is 42.9 Å². The van der Waals surface area contributed by atoms with E-state index < -0.39 is 10.2 Å². The zero-order valence-electron chi connectivity index (χ0n) is 13.7. The average Bonchev–Trinajstić information content (AvgIpc) is 2.54. The van der Waals surface area contributed by atoms with Crippen LogP contribution in [0.4, 0.5) is 5.69 Å². The molecular weight excluding hydrogens is 314 g/mol. The summed E-state index contributed by atoms with van der Waals surface area (Å²) in [5, 5.41) is 8.01. The fraction of sp³-hybridized carbons (Fsp3) is 0.562. The lowest BCUT2D eigenvalue weighted by Crippen LogP contribution is -2.44. The van der Waals surface area contributed by atoms with Crippen LogP contribution in [0.5, 0.6) is 0 Å². The average molecular weight is 339 g/mol. The summed E-state index contributed by atoms with van der Waals surface area (Å²) in [7, 11) is -3.65. The molecule has 0 saturated carbocycles. The highest BCUT2D eigenvalue weighted by atomic mass is 32.2. The van der Waals surface area contributed by atoms with Crippen LogP contribution in [-0.2, 0) is 15.0 Å². The van der Waals surface area contributed by atoms with Gasteiger partial charge >= 0.3 is 0 Å². The largest absolute Gasteiger partial charge is 0.326 e. The highest BCUT2D eigenvalue weighted by molar-refractivity contribution is 7.86. The van der Waals surface area contributed by atoms with Crippen molar-refractivity contribution in [3.63, 3.8) is 0 Å². The Hall–Kier alpha value is -1.44. The molecule has 1 atom stereocenters. The smallest absolute Gasteiger partial charge is 0.276 e. The van der Waals surface area contributed by atoms with Gasteiger partial charge in [-0.15, -0.1) is 0 Å². The van der Waals surface area contributed by atoms with E-state index in [0.29, 0.717) is 31.8 Å². The summed E-state index contributed by atoms with van der Waals surface area (Å²) in [6.07, 6.45) is 2.06. The standard InChI is InChI=1S/C16H25N3O3S/c1-3-12(2)13-4-6-15(7-5-13)18-16(20)14-8-10-19(11-9-14)23(17,21)22/h4-7,12,14H,3,8-11H2,1-2H3,(H,18,20)(H2,17,21,22). The first-order chi connectivity index (χ1) is 10.8. The molecule has 1 saturated heterocycles. The maximum absolute atomic E-state index is 12.3. The molecule has 3 N–H and O–H groups in total. The normalized spacial score (nSPS) is 18.6. The highest BCUT2D eigenvalue weighted by Crippen LogP contribution is 2.23. The highest BCUT2D eigenvalue weighted by Gasteiger charge is 2.29. The summed E-state index contributed by atoms with van der Waals surface area (Å²) < 4.78 is 23.8. The van der Waals surface area contributed by atoms with E-state index in [-0.39, 0.29) is 11.8 Å².